The quantitative estimate of drug-likeness (QED) is 0.639. The molecule has 30 heavy (non-hydrogen) atoms. The van der Waals surface area contributed by atoms with Crippen molar-refractivity contribution in [2.75, 3.05) is 56.3 Å². The van der Waals surface area contributed by atoms with Gasteiger partial charge in [-0.25, -0.2) is 0 Å². The molecule has 1 aliphatic rings. The number of ether oxygens (including phenoxy) is 4. The van der Waals surface area contributed by atoms with E-state index >= 15 is 0 Å². The number of carbonyl (C=O) groups excluding carboxylic acids is 1. The number of rotatable bonds is 10. The Hall–Kier alpha value is -2.93. The number of anilines is 2. The van der Waals surface area contributed by atoms with Crippen LogP contribution in [0.1, 0.15) is 20.3 Å². The summed E-state index contributed by atoms with van der Waals surface area (Å²) in [5.74, 6) is 1.95. The van der Waals surface area contributed by atoms with Gasteiger partial charge in [0.05, 0.1) is 50.8 Å². The van der Waals surface area contributed by atoms with Crippen LogP contribution in [0.4, 0.5) is 11.4 Å². The van der Waals surface area contributed by atoms with Crippen LogP contribution in [0.2, 0.25) is 0 Å². The van der Waals surface area contributed by atoms with Gasteiger partial charge in [-0.3, -0.25) is 4.79 Å². The van der Waals surface area contributed by atoms with Crippen LogP contribution < -0.4 is 24.4 Å². The highest BCUT2D eigenvalue weighted by Crippen LogP contribution is 2.39. The summed E-state index contributed by atoms with van der Waals surface area (Å²) >= 11 is 0. The fraction of sp³-hybridized carbons (Fsp3) is 0.435. The molecule has 0 atom stereocenters. The lowest BCUT2D eigenvalue weighted by Gasteiger charge is -2.31. The predicted molar refractivity (Wildman–Crippen MR) is 117 cm³/mol. The molecule has 0 spiro atoms. The van der Waals surface area contributed by atoms with Gasteiger partial charge in [0.15, 0.2) is 0 Å². The molecule has 2 aromatic rings. The smallest absolute Gasteiger partial charge is 0.227 e. The van der Waals surface area contributed by atoms with E-state index in [1.165, 1.54) is 0 Å². The Balaban J connectivity index is 1.71. The Labute approximate surface area is 177 Å². The van der Waals surface area contributed by atoms with E-state index in [9.17, 15) is 4.79 Å². The minimum atomic E-state index is -0.145. The number of amides is 1. The molecule has 0 aromatic heterocycles. The van der Waals surface area contributed by atoms with E-state index in [1.54, 1.807) is 0 Å². The summed E-state index contributed by atoms with van der Waals surface area (Å²) in [6.07, 6.45) is 0.232. The molecule has 0 aliphatic carbocycles. The van der Waals surface area contributed by atoms with Crippen molar-refractivity contribution in [3.8, 4) is 17.2 Å². The van der Waals surface area contributed by atoms with Gasteiger partial charge in [-0.2, -0.15) is 0 Å². The van der Waals surface area contributed by atoms with E-state index in [4.69, 9.17) is 18.9 Å². The average molecular weight is 415 g/mol. The van der Waals surface area contributed by atoms with Crippen LogP contribution in [0.3, 0.4) is 0 Å². The van der Waals surface area contributed by atoms with Gasteiger partial charge in [-0.05, 0) is 26.0 Å². The summed E-state index contributed by atoms with van der Waals surface area (Å²) in [6, 6.07) is 13.2. The molecule has 1 amide bonds. The Bertz CT molecular complexity index is 807. The number of nitrogens with one attached hydrogen (secondary N) is 1. The zero-order valence-electron chi connectivity index (χ0n) is 17.7. The molecular weight excluding hydrogens is 384 g/mol. The first-order chi connectivity index (χ1) is 14.7. The normalized spacial score (nSPS) is 13.6. The van der Waals surface area contributed by atoms with Crippen LogP contribution in [-0.4, -0.2) is 52.0 Å². The topological polar surface area (TPSA) is 69.3 Å². The Morgan fingerprint density at radius 2 is 1.70 bits per heavy atom. The van der Waals surface area contributed by atoms with Crippen molar-refractivity contribution in [1.82, 2.24) is 0 Å². The third-order valence-corrected chi connectivity index (χ3v) is 4.63. The van der Waals surface area contributed by atoms with Crippen LogP contribution in [0, 0.1) is 0 Å². The maximum Gasteiger partial charge on any atom is 0.227 e. The van der Waals surface area contributed by atoms with Gasteiger partial charge in [0.25, 0.3) is 0 Å². The van der Waals surface area contributed by atoms with Gasteiger partial charge < -0.3 is 29.2 Å². The Morgan fingerprint density at radius 3 is 2.40 bits per heavy atom. The first kappa shape index (κ1) is 21.8. The predicted octanol–water partition coefficient (Wildman–Crippen LogP) is 3.73. The van der Waals surface area contributed by atoms with Crippen LogP contribution in [0.15, 0.2) is 42.5 Å². The van der Waals surface area contributed by atoms with Crippen molar-refractivity contribution in [1.29, 1.82) is 0 Å². The highest BCUT2D eigenvalue weighted by Gasteiger charge is 2.20. The molecule has 0 unspecified atom stereocenters. The third kappa shape index (κ3) is 6.03. The SMILES string of the molecule is CCOc1cc(N2CCOCC2)c(OCC)cc1NC(=O)CCOc1ccccc1. The fourth-order valence-corrected chi connectivity index (χ4v) is 3.24. The molecule has 0 bridgehead atoms. The zero-order chi connectivity index (χ0) is 21.2. The van der Waals surface area contributed by atoms with Crippen LogP contribution in [-0.2, 0) is 9.53 Å². The van der Waals surface area contributed by atoms with E-state index in [-0.39, 0.29) is 12.3 Å². The summed E-state index contributed by atoms with van der Waals surface area (Å²) in [5.41, 5.74) is 1.55. The summed E-state index contributed by atoms with van der Waals surface area (Å²) in [5, 5.41) is 2.94. The molecule has 1 heterocycles. The summed E-state index contributed by atoms with van der Waals surface area (Å²) in [7, 11) is 0. The van der Waals surface area contributed by atoms with Crippen LogP contribution >= 0.6 is 0 Å². The van der Waals surface area contributed by atoms with E-state index < -0.39 is 0 Å². The molecule has 1 saturated heterocycles. The largest absolute Gasteiger partial charge is 0.493 e. The number of benzene rings is 2. The number of hydrogen-bond donors (Lipinski definition) is 1. The van der Waals surface area contributed by atoms with Crippen molar-refractivity contribution < 1.29 is 23.7 Å². The molecule has 1 fully saturated rings. The standard InChI is InChI=1S/C23H30N2O5/c1-3-28-21-17-20(25-11-14-27-15-12-25)22(29-4-2)16-19(21)24-23(26)10-13-30-18-8-6-5-7-9-18/h5-9,16-17H,3-4,10-15H2,1-2H3,(H,24,26). The van der Waals surface area contributed by atoms with Gasteiger partial charge in [0, 0.05) is 25.2 Å². The second-order valence-electron chi connectivity index (χ2n) is 6.74. The second-order valence-corrected chi connectivity index (χ2v) is 6.74. The third-order valence-electron chi connectivity index (χ3n) is 4.63. The van der Waals surface area contributed by atoms with E-state index in [2.05, 4.69) is 10.2 Å². The maximum absolute atomic E-state index is 12.5. The lowest BCUT2D eigenvalue weighted by atomic mass is 10.2. The van der Waals surface area contributed by atoms with Crippen molar-refractivity contribution >= 4 is 17.3 Å². The van der Waals surface area contributed by atoms with Gasteiger partial charge >= 0.3 is 0 Å². The maximum atomic E-state index is 12.5. The molecule has 7 nitrogen and oxygen atoms in total. The van der Waals surface area contributed by atoms with E-state index in [1.807, 2.05) is 56.3 Å². The van der Waals surface area contributed by atoms with Crippen molar-refractivity contribution in [3.63, 3.8) is 0 Å². The first-order valence-electron chi connectivity index (χ1n) is 10.4. The minimum absolute atomic E-state index is 0.145. The zero-order valence-corrected chi connectivity index (χ0v) is 17.7. The number of nitrogens with zero attached hydrogens (tertiary/aromatic N) is 1. The number of carbonyl (C=O) groups is 1. The van der Waals surface area contributed by atoms with Gasteiger partial charge in [-0.1, -0.05) is 18.2 Å². The summed E-state index contributed by atoms with van der Waals surface area (Å²) in [4.78, 5) is 14.7. The molecule has 2 aromatic carbocycles. The second kappa shape index (κ2) is 11.3. The molecule has 3 rings (SSSR count). The highest BCUT2D eigenvalue weighted by molar-refractivity contribution is 5.93. The Kier molecular flexibility index (Phi) is 8.20. The number of morpholine rings is 1. The minimum Gasteiger partial charge on any atom is -0.493 e. The average Bonchev–Trinajstić information content (AvgIpc) is 2.77. The van der Waals surface area contributed by atoms with Crippen LogP contribution in [0.5, 0.6) is 17.2 Å². The lowest BCUT2D eigenvalue weighted by Crippen LogP contribution is -2.36. The molecule has 7 heteroatoms. The molecule has 0 radical (unpaired) electrons. The van der Waals surface area contributed by atoms with Gasteiger partial charge in [-0.15, -0.1) is 0 Å². The van der Waals surface area contributed by atoms with Gasteiger partial charge in [0.1, 0.15) is 17.2 Å². The first-order valence-corrected chi connectivity index (χ1v) is 10.4. The summed E-state index contributed by atoms with van der Waals surface area (Å²) in [6.45, 7) is 8.11. The Morgan fingerprint density at radius 1 is 1.00 bits per heavy atom. The van der Waals surface area contributed by atoms with E-state index in [0.29, 0.717) is 44.5 Å². The molecule has 0 saturated carbocycles. The van der Waals surface area contributed by atoms with Crippen molar-refractivity contribution in [2.24, 2.45) is 0 Å². The lowest BCUT2D eigenvalue weighted by molar-refractivity contribution is -0.116. The molecule has 162 valence electrons. The monoisotopic (exact) mass is 414 g/mol. The van der Waals surface area contributed by atoms with Crippen molar-refractivity contribution in [3.05, 3.63) is 42.5 Å². The molecule has 1 N–H and O–H groups in total. The number of para-hydroxylation sites is 1. The molecular formula is C23H30N2O5. The highest BCUT2D eigenvalue weighted by atomic mass is 16.5. The summed E-state index contributed by atoms with van der Waals surface area (Å²) < 4.78 is 22.8. The molecule has 1 aliphatic heterocycles. The van der Waals surface area contributed by atoms with Gasteiger partial charge in [0.2, 0.25) is 5.91 Å². The van der Waals surface area contributed by atoms with Crippen LogP contribution in [0.25, 0.3) is 0 Å². The number of hydrogen-bond acceptors (Lipinski definition) is 6. The van der Waals surface area contributed by atoms with Crippen molar-refractivity contribution in [2.45, 2.75) is 20.3 Å². The van der Waals surface area contributed by atoms with E-state index in [0.717, 1.165) is 30.3 Å². The fourth-order valence-electron chi connectivity index (χ4n) is 3.24.